The Kier molecular flexibility index (Phi) is 6.40. The maximum atomic E-state index is 13.6. The smallest absolute Gasteiger partial charge is 0.300 e. The van der Waals surface area contributed by atoms with Crippen LogP contribution in [0.3, 0.4) is 0 Å². The van der Waals surface area contributed by atoms with E-state index in [1.807, 2.05) is 111 Å². The van der Waals surface area contributed by atoms with Gasteiger partial charge in [0.05, 0.1) is 18.2 Å². The van der Waals surface area contributed by atoms with Crippen molar-refractivity contribution < 1.29 is 19.4 Å². The van der Waals surface area contributed by atoms with Crippen LogP contribution in [-0.4, -0.2) is 37.5 Å². The van der Waals surface area contributed by atoms with Gasteiger partial charge in [0.15, 0.2) is 0 Å². The molecule has 1 unspecified atom stereocenters. The van der Waals surface area contributed by atoms with Crippen LogP contribution in [0.1, 0.15) is 24.1 Å². The summed E-state index contributed by atoms with van der Waals surface area (Å²) in [6, 6.07) is 27.1. The van der Waals surface area contributed by atoms with Crippen molar-refractivity contribution in [2.45, 2.75) is 13.0 Å². The van der Waals surface area contributed by atoms with E-state index in [9.17, 15) is 14.7 Å². The van der Waals surface area contributed by atoms with E-state index in [2.05, 4.69) is 0 Å². The van der Waals surface area contributed by atoms with Gasteiger partial charge >= 0.3 is 0 Å². The van der Waals surface area contributed by atoms with Crippen molar-refractivity contribution >= 4 is 39.6 Å². The Morgan fingerprint density at radius 3 is 2.35 bits per heavy atom. The number of fused-ring (bicyclic) bond motifs is 1. The van der Waals surface area contributed by atoms with Gasteiger partial charge in [0.25, 0.3) is 11.7 Å². The first kappa shape index (κ1) is 24.1. The number of nitrogens with zero attached hydrogens (tertiary/aromatic N) is 2. The SMILES string of the molecule is CCOc1cccc(C2/C(=C(/O)c3cccc4ccccc34)C(=O)C(=O)N2c2ccc(N(C)C)cc2)c1. The molecule has 1 N–H and O–H groups in total. The third kappa shape index (κ3) is 4.31. The molecule has 37 heavy (non-hydrogen) atoms. The van der Waals surface area contributed by atoms with E-state index in [4.69, 9.17) is 4.74 Å². The summed E-state index contributed by atoms with van der Waals surface area (Å²) in [5.41, 5.74) is 2.75. The average Bonchev–Trinajstić information content (AvgIpc) is 3.18. The van der Waals surface area contributed by atoms with Crippen molar-refractivity contribution in [3.63, 3.8) is 0 Å². The van der Waals surface area contributed by atoms with Gasteiger partial charge in [0.2, 0.25) is 0 Å². The minimum atomic E-state index is -0.829. The van der Waals surface area contributed by atoms with Crippen LogP contribution in [0, 0.1) is 0 Å². The number of aliphatic hydroxyl groups is 1. The van der Waals surface area contributed by atoms with E-state index in [0.29, 0.717) is 29.2 Å². The fourth-order valence-corrected chi connectivity index (χ4v) is 4.84. The quantitative estimate of drug-likeness (QED) is 0.205. The maximum Gasteiger partial charge on any atom is 0.300 e. The van der Waals surface area contributed by atoms with Gasteiger partial charge in [0, 0.05) is 31.0 Å². The van der Waals surface area contributed by atoms with Gasteiger partial charge < -0.3 is 14.7 Å². The van der Waals surface area contributed by atoms with E-state index in [-0.39, 0.29) is 11.3 Å². The van der Waals surface area contributed by atoms with Crippen LogP contribution in [0.4, 0.5) is 11.4 Å². The monoisotopic (exact) mass is 492 g/mol. The summed E-state index contributed by atoms with van der Waals surface area (Å²) in [4.78, 5) is 30.5. The highest BCUT2D eigenvalue weighted by Crippen LogP contribution is 2.43. The summed E-state index contributed by atoms with van der Waals surface area (Å²) in [5, 5.41) is 13.4. The molecule has 1 atom stereocenters. The highest BCUT2D eigenvalue weighted by Gasteiger charge is 2.47. The number of Topliss-reactive ketones (excluding diaryl/α,β-unsaturated/α-hetero) is 1. The molecule has 1 heterocycles. The maximum absolute atomic E-state index is 13.6. The van der Waals surface area contributed by atoms with Gasteiger partial charge in [0.1, 0.15) is 11.5 Å². The van der Waals surface area contributed by atoms with Crippen molar-refractivity contribution in [2.75, 3.05) is 30.5 Å². The summed E-state index contributed by atoms with van der Waals surface area (Å²) >= 11 is 0. The number of amides is 1. The van der Waals surface area contributed by atoms with Crippen LogP contribution in [0.25, 0.3) is 16.5 Å². The predicted octanol–water partition coefficient (Wildman–Crippen LogP) is 5.93. The van der Waals surface area contributed by atoms with Gasteiger partial charge in [-0.1, -0.05) is 54.6 Å². The lowest BCUT2D eigenvalue weighted by Crippen LogP contribution is -2.29. The van der Waals surface area contributed by atoms with Gasteiger partial charge in [-0.2, -0.15) is 0 Å². The molecule has 0 aliphatic carbocycles. The molecule has 0 spiro atoms. The summed E-state index contributed by atoms with van der Waals surface area (Å²) in [5.74, 6) is -0.992. The van der Waals surface area contributed by atoms with Crippen LogP contribution >= 0.6 is 0 Å². The van der Waals surface area contributed by atoms with E-state index < -0.39 is 17.7 Å². The fraction of sp³-hybridized carbons (Fsp3) is 0.161. The molecule has 1 fully saturated rings. The van der Waals surface area contributed by atoms with Gasteiger partial charge in [-0.05, 0) is 59.7 Å². The molecular weight excluding hydrogens is 464 g/mol. The standard InChI is InChI=1S/C31H28N2O4/c1-4-37-24-12-7-11-21(19-24)28-27(29(34)26-14-8-10-20-9-5-6-13-25(20)26)30(35)31(36)33(28)23-17-15-22(16-18-23)32(2)3/h5-19,28,34H,4H2,1-3H3/b29-27-. The molecule has 0 bridgehead atoms. The van der Waals surface area contributed by atoms with Gasteiger partial charge in [-0.15, -0.1) is 0 Å². The number of benzene rings is 4. The largest absolute Gasteiger partial charge is 0.507 e. The number of ketones is 1. The second kappa shape index (κ2) is 9.82. The summed E-state index contributed by atoms with van der Waals surface area (Å²) in [6.07, 6.45) is 0. The van der Waals surface area contributed by atoms with E-state index in [0.717, 1.165) is 16.5 Å². The predicted molar refractivity (Wildman–Crippen MR) is 147 cm³/mol. The second-order valence-electron chi connectivity index (χ2n) is 9.11. The van der Waals surface area contributed by atoms with Crippen LogP contribution in [0.15, 0.2) is 96.6 Å². The first-order valence-corrected chi connectivity index (χ1v) is 12.2. The molecule has 4 aromatic carbocycles. The zero-order valence-corrected chi connectivity index (χ0v) is 21.0. The summed E-state index contributed by atoms with van der Waals surface area (Å²) in [7, 11) is 3.87. The first-order valence-electron chi connectivity index (χ1n) is 12.2. The number of carbonyl (C=O) groups excluding carboxylic acids is 2. The number of rotatable bonds is 6. The van der Waals surface area contributed by atoms with Crippen LogP contribution in [-0.2, 0) is 9.59 Å². The Bertz CT molecular complexity index is 1520. The highest BCUT2D eigenvalue weighted by atomic mass is 16.5. The first-order chi connectivity index (χ1) is 17.9. The molecule has 0 radical (unpaired) electrons. The van der Waals surface area contributed by atoms with Gasteiger partial charge in [-0.3, -0.25) is 14.5 Å². The lowest BCUT2D eigenvalue weighted by Gasteiger charge is -2.26. The molecule has 186 valence electrons. The Labute approximate surface area is 216 Å². The van der Waals surface area contributed by atoms with Crippen molar-refractivity contribution in [1.82, 2.24) is 0 Å². The average molecular weight is 493 g/mol. The van der Waals surface area contributed by atoms with E-state index >= 15 is 0 Å². The molecule has 0 saturated carbocycles. The van der Waals surface area contributed by atoms with Crippen molar-refractivity contribution in [3.8, 4) is 5.75 Å². The number of hydrogen-bond donors (Lipinski definition) is 1. The minimum Gasteiger partial charge on any atom is -0.507 e. The van der Waals surface area contributed by atoms with Crippen LogP contribution in [0.2, 0.25) is 0 Å². The van der Waals surface area contributed by atoms with E-state index in [1.54, 1.807) is 6.07 Å². The zero-order chi connectivity index (χ0) is 26.1. The topological polar surface area (TPSA) is 70.1 Å². The minimum absolute atomic E-state index is 0.0479. The summed E-state index contributed by atoms with van der Waals surface area (Å²) in [6.45, 7) is 2.37. The van der Waals surface area contributed by atoms with E-state index in [1.165, 1.54) is 4.90 Å². The molecule has 1 aliphatic heterocycles. The fourth-order valence-electron chi connectivity index (χ4n) is 4.84. The third-order valence-electron chi connectivity index (χ3n) is 6.62. The number of aliphatic hydroxyl groups excluding tert-OH is 1. The molecule has 1 saturated heterocycles. The molecule has 1 amide bonds. The highest BCUT2D eigenvalue weighted by molar-refractivity contribution is 6.51. The number of hydrogen-bond acceptors (Lipinski definition) is 5. The molecular formula is C31H28N2O4. The Morgan fingerprint density at radius 1 is 0.919 bits per heavy atom. The lowest BCUT2D eigenvalue weighted by molar-refractivity contribution is -0.132. The van der Waals surface area contributed by atoms with Crippen molar-refractivity contribution in [2.24, 2.45) is 0 Å². The number of anilines is 2. The molecule has 5 rings (SSSR count). The second-order valence-corrected chi connectivity index (χ2v) is 9.11. The zero-order valence-electron chi connectivity index (χ0n) is 21.0. The summed E-state index contributed by atoms with van der Waals surface area (Å²) < 4.78 is 5.71. The molecule has 4 aromatic rings. The lowest BCUT2D eigenvalue weighted by atomic mass is 9.93. The van der Waals surface area contributed by atoms with Crippen LogP contribution in [0.5, 0.6) is 5.75 Å². The number of ether oxygens (including phenoxy) is 1. The Morgan fingerprint density at radius 2 is 1.62 bits per heavy atom. The molecule has 6 heteroatoms. The Balaban J connectivity index is 1.74. The molecule has 0 aromatic heterocycles. The normalized spacial score (nSPS) is 16.8. The molecule has 1 aliphatic rings. The third-order valence-corrected chi connectivity index (χ3v) is 6.62. The number of carbonyl (C=O) groups is 2. The van der Waals surface area contributed by atoms with Crippen molar-refractivity contribution in [1.29, 1.82) is 0 Å². The Hall–Kier alpha value is -4.58. The van der Waals surface area contributed by atoms with Crippen molar-refractivity contribution in [3.05, 3.63) is 108 Å². The van der Waals surface area contributed by atoms with Gasteiger partial charge in [-0.25, -0.2) is 0 Å². The molecule has 6 nitrogen and oxygen atoms in total. The van der Waals surface area contributed by atoms with Crippen LogP contribution < -0.4 is 14.5 Å².